The average Bonchev–Trinajstić information content (AvgIpc) is 3.17. The molecule has 0 bridgehead atoms. The Morgan fingerprint density at radius 2 is 1.81 bits per heavy atom. The highest BCUT2D eigenvalue weighted by Crippen LogP contribution is 2.37. The molecular formula is C23H18N4O8S. The molecule has 12 nitrogen and oxygen atoms in total. The molecule has 1 aliphatic rings. The summed E-state index contributed by atoms with van der Waals surface area (Å²) in [5, 5.41) is 32.5. The lowest BCUT2D eigenvalue weighted by molar-refractivity contribution is -0.396. The van der Waals surface area contributed by atoms with Crippen molar-refractivity contribution in [3.8, 4) is 5.75 Å². The number of hydrogen-bond donors (Lipinski definition) is 1. The fourth-order valence-corrected chi connectivity index (χ4v) is 4.97. The number of phenols is 1. The fourth-order valence-electron chi connectivity index (χ4n) is 3.95. The van der Waals surface area contributed by atoms with Crippen LogP contribution in [0.4, 0.5) is 11.4 Å². The highest BCUT2D eigenvalue weighted by Gasteiger charge is 2.34. The molecule has 0 amide bonds. The van der Waals surface area contributed by atoms with Crippen molar-refractivity contribution in [3.63, 3.8) is 0 Å². The molecule has 36 heavy (non-hydrogen) atoms. The van der Waals surface area contributed by atoms with Crippen LogP contribution in [0.2, 0.25) is 0 Å². The average molecular weight is 510 g/mol. The van der Waals surface area contributed by atoms with E-state index in [2.05, 4.69) is 4.99 Å². The third-order valence-corrected chi connectivity index (χ3v) is 6.53. The van der Waals surface area contributed by atoms with Gasteiger partial charge in [-0.15, -0.1) is 0 Å². The smallest absolute Gasteiger partial charge is 0.338 e. The number of aromatic hydroxyl groups is 1. The van der Waals surface area contributed by atoms with Gasteiger partial charge >= 0.3 is 17.3 Å². The van der Waals surface area contributed by atoms with Crippen LogP contribution in [0.15, 0.2) is 63.5 Å². The number of carbonyl (C=O) groups is 1. The molecule has 184 valence electrons. The van der Waals surface area contributed by atoms with Crippen molar-refractivity contribution in [2.75, 3.05) is 7.11 Å². The Hall–Kier alpha value is -4.65. The monoisotopic (exact) mass is 510 g/mol. The van der Waals surface area contributed by atoms with Gasteiger partial charge in [0, 0.05) is 12.1 Å². The standard InChI is InChI=1S/C23H18N4O8S/c1-3-14-18(22(30)35-2)19(13-7-5-4-6-8-13)25-21(29)17(36-23(25)24-14)11-12-9-15(26(31)32)20(28)16(10-12)27(33)34/h4-11,19,28H,3H2,1-2H3/b17-11+/t19-/m0/s1. The molecule has 0 saturated heterocycles. The predicted octanol–water partition coefficient (Wildman–Crippen LogP) is 2.32. The largest absolute Gasteiger partial charge is 0.497 e. The molecule has 0 spiro atoms. The summed E-state index contributed by atoms with van der Waals surface area (Å²) in [6.07, 6.45) is 1.63. The van der Waals surface area contributed by atoms with Gasteiger partial charge in [-0.05, 0) is 23.6 Å². The Balaban J connectivity index is 2.01. The Morgan fingerprint density at radius 3 is 2.33 bits per heavy atom. The van der Waals surface area contributed by atoms with E-state index in [0.29, 0.717) is 17.7 Å². The van der Waals surface area contributed by atoms with E-state index >= 15 is 0 Å². The number of carbonyl (C=O) groups excluding carboxylic acids is 1. The zero-order chi connectivity index (χ0) is 26.1. The summed E-state index contributed by atoms with van der Waals surface area (Å²) >= 11 is 0.968. The van der Waals surface area contributed by atoms with Gasteiger partial charge in [0.15, 0.2) is 4.80 Å². The molecule has 3 aromatic rings. The predicted molar refractivity (Wildman–Crippen MR) is 128 cm³/mol. The van der Waals surface area contributed by atoms with Crippen LogP contribution >= 0.6 is 11.3 Å². The molecule has 1 atom stereocenters. The zero-order valence-electron chi connectivity index (χ0n) is 18.9. The lowest BCUT2D eigenvalue weighted by Gasteiger charge is -2.25. The number of phenolic OH excluding ortho intramolecular Hbond substituents is 1. The Bertz CT molecular complexity index is 1590. The molecular weight excluding hydrogens is 492 g/mol. The third kappa shape index (κ3) is 4.15. The van der Waals surface area contributed by atoms with Gasteiger partial charge in [0.05, 0.1) is 38.8 Å². The SMILES string of the molecule is CCC1=C(C(=O)OC)[C@H](c2ccccc2)n2c(s/c(=C/c3cc([N+](=O)[O-])c(O)c([N+](=O)[O-])c3)c2=O)=N1. The number of hydrogen-bond acceptors (Lipinski definition) is 10. The van der Waals surface area contributed by atoms with Gasteiger partial charge in [0.25, 0.3) is 11.3 Å². The van der Waals surface area contributed by atoms with E-state index in [0.717, 1.165) is 23.5 Å². The molecule has 0 saturated carbocycles. The molecule has 2 aromatic carbocycles. The first-order valence-corrected chi connectivity index (χ1v) is 11.3. The van der Waals surface area contributed by atoms with Gasteiger partial charge in [-0.2, -0.15) is 0 Å². The zero-order valence-corrected chi connectivity index (χ0v) is 19.7. The van der Waals surface area contributed by atoms with Gasteiger partial charge in [-0.1, -0.05) is 48.6 Å². The second kappa shape index (κ2) is 9.54. The Kier molecular flexibility index (Phi) is 6.49. The van der Waals surface area contributed by atoms with E-state index in [4.69, 9.17) is 4.74 Å². The normalized spacial score (nSPS) is 15.3. The minimum absolute atomic E-state index is 0.0318. The fraction of sp³-hybridized carbons (Fsp3) is 0.174. The maximum absolute atomic E-state index is 13.5. The van der Waals surface area contributed by atoms with Gasteiger partial charge in [0.2, 0.25) is 0 Å². The quantitative estimate of drug-likeness (QED) is 0.299. The second-order valence-corrected chi connectivity index (χ2v) is 8.63. The molecule has 1 N–H and O–H groups in total. The van der Waals surface area contributed by atoms with Crippen molar-refractivity contribution in [2.45, 2.75) is 19.4 Å². The summed E-state index contributed by atoms with van der Waals surface area (Å²) in [5.74, 6) is -1.72. The van der Waals surface area contributed by atoms with Crippen molar-refractivity contribution in [1.82, 2.24) is 4.57 Å². The topological polar surface area (TPSA) is 167 Å². The number of allylic oxidation sites excluding steroid dienone is 1. The van der Waals surface area contributed by atoms with Crippen molar-refractivity contribution in [3.05, 3.63) is 105 Å². The van der Waals surface area contributed by atoms with Crippen LogP contribution in [0.5, 0.6) is 5.75 Å². The number of thiazole rings is 1. The first kappa shape index (κ1) is 24.5. The number of fused-ring (bicyclic) bond motifs is 1. The summed E-state index contributed by atoms with van der Waals surface area (Å²) in [6, 6.07) is 9.88. The van der Waals surface area contributed by atoms with Gasteiger partial charge in [0.1, 0.15) is 0 Å². The minimum atomic E-state index is -1.08. The Morgan fingerprint density at radius 1 is 1.19 bits per heavy atom. The van der Waals surface area contributed by atoms with Crippen molar-refractivity contribution in [1.29, 1.82) is 0 Å². The summed E-state index contributed by atoms with van der Waals surface area (Å²) in [4.78, 5) is 51.8. The minimum Gasteiger partial charge on any atom is -0.497 e. The van der Waals surface area contributed by atoms with Crippen LogP contribution in [0, 0.1) is 20.2 Å². The van der Waals surface area contributed by atoms with Gasteiger partial charge in [-0.25, -0.2) is 9.79 Å². The number of benzene rings is 2. The second-order valence-electron chi connectivity index (χ2n) is 7.62. The number of nitrogens with zero attached hydrogens (tertiary/aromatic N) is 4. The molecule has 0 unspecified atom stereocenters. The maximum atomic E-state index is 13.5. The summed E-state index contributed by atoms with van der Waals surface area (Å²) in [6.45, 7) is 1.81. The first-order valence-electron chi connectivity index (χ1n) is 10.5. The number of ether oxygens (including phenoxy) is 1. The molecule has 2 heterocycles. The number of rotatable bonds is 6. The maximum Gasteiger partial charge on any atom is 0.338 e. The number of esters is 1. The molecule has 13 heteroatoms. The van der Waals surface area contributed by atoms with Crippen molar-refractivity contribution < 1.29 is 24.5 Å². The van der Waals surface area contributed by atoms with E-state index in [1.54, 1.807) is 30.3 Å². The highest BCUT2D eigenvalue weighted by molar-refractivity contribution is 7.07. The van der Waals surface area contributed by atoms with E-state index in [-0.39, 0.29) is 20.5 Å². The van der Waals surface area contributed by atoms with Crippen LogP contribution < -0.4 is 14.9 Å². The van der Waals surface area contributed by atoms with Gasteiger partial charge < -0.3 is 9.84 Å². The molecule has 0 radical (unpaired) electrons. The summed E-state index contributed by atoms with van der Waals surface area (Å²) in [7, 11) is 1.24. The third-order valence-electron chi connectivity index (χ3n) is 5.55. The van der Waals surface area contributed by atoms with E-state index < -0.39 is 44.5 Å². The van der Waals surface area contributed by atoms with Crippen LogP contribution in [-0.2, 0) is 9.53 Å². The first-order chi connectivity index (χ1) is 17.2. The van der Waals surface area contributed by atoms with E-state index in [9.17, 15) is 34.9 Å². The van der Waals surface area contributed by atoms with Crippen LogP contribution in [0.25, 0.3) is 6.08 Å². The molecule has 1 aliphatic heterocycles. The van der Waals surface area contributed by atoms with Gasteiger partial charge in [-0.3, -0.25) is 29.6 Å². The Labute approximate surface area is 206 Å². The highest BCUT2D eigenvalue weighted by atomic mass is 32.1. The van der Waals surface area contributed by atoms with Crippen LogP contribution in [0.3, 0.4) is 0 Å². The van der Waals surface area contributed by atoms with Crippen LogP contribution in [0.1, 0.15) is 30.5 Å². The molecule has 0 aliphatic carbocycles. The van der Waals surface area contributed by atoms with Crippen molar-refractivity contribution in [2.24, 2.45) is 4.99 Å². The number of aromatic nitrogens is 1. The van der Waals surface area contributed by atoms with E-state index in [1.807, 2.05) is 6.92 Å². The van der Waals surface area contributed by atoms with Crippen LogP contribution in [-0.4, -0.2) is 32.6 Å². The molecule has 4 rings (SSSR count). The number of nitro benzene ring substituents is 2. The number of nitro groups is 2. The molecule has 0 fully saturated rings. The molecule has 1 aromatic heterocycles. The lowest BCUT2D eigenvalue weighted by Crippen LogP contribution is -2.40. The lowest BCUT2D eigenvalue weighted by atomic mass is 9.95. The summed E-state index contributed by atoms with van der Waals surface area (Å²) < 4.78 is 6.39. The number of methoxy groups -OCH3 is 1. The van der Waals surface area contributed by atoms with E-state index in [1.165, 1.54) is 17.8 Å². The van der Waals surface area contributed by atoms with Crippen molar-refractivity contribution >= 4 is 34.8 Å². The summed E-state index contributed by atoms with van der Waals surface area (Å²) in [5.41, 5.74) is -1.03.